The second-order valence-corrected chi connectivity index (χ2v) is 18.9. The van der Waals surface area contributed by atoms with Gasteiger partial charge in [0.1, 0.15) is 23.0 Å². The molecule has 0 bridgehead atoms. The molecule has 73 heavy (non-hydrogen) atoms. The van der Waals surface area contributed by atoms with Crippen molar-refractivity contribution in [2.45, 2.75) is 42.9 Å². The topological polar surface area (TPSA) is 202 Å². The number of benzene rings is 6. The first-order valence-electron chi connectivity index (χ1n) is 23.0. The van der Waals surface area contributed by atoms with Gasteiger partial charge in [-0.05, 0) is 95.8 Å². The zero-order valence-corrected chi connectivity index (χ0v) is 40.9. The van der Waals surface area contributed by atoms with E-state index in [1.54, 1.807) is 41.6 Å². The van der Waals surface area contributed by atoms with Gasteiger partial charge in [0.25, 0.3) is 21.9 Å². The molecule has 0 saturated carbocycles. The number of ether oxygens (including phenoxy) is 6. The highest BCUT2D eigenvalue weighted by Gasteiger charge is 2.46. The fourth-order valence-corrected chi connectivity index (χ4v) is 10.1. The Balaban J connectivity index is 0.810. The molecule has 0 spiro atoms. The minimum absolute atomic E-state index is 0.0932. The van der Waals surface area contributed by atoms with Crippen molar-refractivity contribution in [2.24, 2.45) is 0 Å². The van der Waals surface area contributed by atoms with Crippen LogP contribution in [0.2, 0.25) is 0 Å². The molecule has 2 unspecified atom stereocenters. The van der Waals surface area contributed by atoms with Gasteiger partial charge in [-0.2, -0.15) is 13.3 Å². The summed E-state index contributed by atoms with van der Waals surface area (Å²) >= 11 is 3.66. The molecule has 0 aliphatic carbocycles. The van der Waals surface area contributed by atoms with E-state index in [0.717, 1.165) is 16.7 Å². The molecule has 3 N–H and O–H groups in total. The number of nitrogens with zero attached hydrogens (tertiary/aromatic N) is 2. The number of hydrogen-bond donors (Lipinski definition) is 4. The summed E-state index contributed by atoms with van der Waals surface area (Å²) in [6.45, 7) is 0.217. The van der Waals surface area contributed by atoms with E-state index in [1.165, 1.54) is 31.3 Å². The molecule has 4 atom stereocenters. The molecule has 20 heteroatoms. The highest BCUT2D eigenvalue weighted by Crippen LogP contribution is 2.44. The lowest BCUT2D eigenvalue weighted by Crippen LogP contribution is -2.46. The number of hydrogen-bond acceptors (Lipinski definition) is 16. The molecule has 2 amide bonds. The van der Waals surface area contributed by atoms with Crippen LogP contribution in [-0.2, 0) is 24.4 Å². The molecule has 6 aromatic carbocycles. The normalized spacial score (nSPS) is 18.8. The lowest BCUT2D eigenvalue weighted by Gasteiger charge is -2.26. The third-order valence-corrected chi connectivity index (χ3v) is 13.8. The van der Waals surface area contributed by atoms with Crippen LogP contribution in [-0.4, -0.2) is 85.7 Å². The maximum absolute atomic E-state index is 14.3. The highest BCUT2D eigenvalue weighted by molar-refractivity contribution is 7.86. The minimum atomic E-state index is -4.76. The van der Waals surface area contributed by atoms with Crippen LogP contribution in [0.5, 0.6) is 46.0 Å². The molecule has 10 rings (SSSR count). The largest absolute Gasteiger partial charge is 0.493 e. The first-order chi connectivity index (χ1) is 35.5. The maximum Gasteiger partial charge on any atom is 0.288 e. The third kappa shape index (κ3) is 10.5. The van der Waals surface area contributed by atoms with E-state index in [1.807, 2.05) is 97.1 Å². The summed E-state index contributed by atoms with van der Waals surface area (Å²) < 4.78 is 76.5. The third-order valence-electron chi connectivity index (χ3n) is 12.7. The number of thiol groups is 1. The first-order valence-corrected chi connectivity index (χ1v) is 24.9. The number of para-hydroxylation sites is 2. The summed E-state index contributed by atoms with van der Waals surface area (Å²) in [7, 11) is -1.87. The molecule has 0 saturated heterocycles. The quantitative estimate of drug-likeness (QED) is 0.0158. The number of anilines is 2. The van der Waals surface area contributed by atoms with E-state index < -0.39 is 39.7 Å². The van der Waals surface area contributed by atoms with Gasteiger partial charge >= 0.3 is 0 Å². The van der Waals surface area contributed by atoms with E-state index in [0.29, 0.717) is 58.6 Å². The fourth-order valence-electron chi connectivity index (χ4n) is 9.19. The molecule has 18 nitrogen and oxygen atoms in total. The van der Waals surface area contributed by atoms with Gasteiger partial charge in [0.05, 0.1) is 62.0 Å². The van der Waals surface area contributed by atoms with Crippen LogP contribution in [0.3, 0.4) is 0 Å². The van der Waals surface area contributed by atoms with Gasteiger partial charge in [-0.25, -0.2) is 0 Å². The Morgan fingerprint density at radius 2 is 1.05 bits per heavy atom. The van der Waals surface area contributed by atoms with Crippen LogP contribution < -0.4 is 39.1 Å². The smallest absolute Gasteiger partial charge is 0.288 e. The zero-order valence-electron chi connectivity index (χ0n) is 39.2. The summed E-state index contributed by atoms with van der Waals surface area (Å²) in [5, 5.41) is 9.42. The SMILES string of the molecule is COc1cc2c(cc1OCCCOc1cc3c(cc1OC)C(=O)N1C=C(c4ccc(Oc5ccccc5)cc4)C[C@H]1C(S(=O)(=O)O)N3)NC(OOOS)[C@@H]1CC(c3ccc(Oc4ccccc4)cc3)=CN1C2=O. The van der Waals surface area contributed by atoms with Crippen molar-refractivity contribution in [3.63, 3.8) is 0 Å². The zero-order chi connectivity index (χ0) is 50.6. The van der Waals surface area contributed by atoms with Gasteiger partial charge in [0, 0.05) is 43.9 Å². The van der Waals surface area contributed by atoms with Gasteiger partial charge in [0.2, 0.25) is 0 Å². The number of carbonyl (C=O) groups excluding carboxylic acids is 2. The lowest BCUT2D eigenvalue weighted by molar-refractivity contribution is -0.475. The van der Waals surface area contributed by atoms with E-state index in [4.69, 9.17) is 38.3 Å². The van der Waals surface area contributed by atoms with Gasteiger partial charge in [-0.1, -0.05) is 65.7 Å². The minimum Gasteiger partial charge on any atom is -0.493 e. The Labute approximate surface area is 425 Å². The monoisotopic (exact) mass is 1030 g/mol. The van der Waals surface area contributed by atoms with Gasteiger partial charge in [-0.3, -0.25) is 14.1 Å². The molecule has 376 valence electrons. The number of nitrogens with one attached hydrogen (secondary N) is 2. The average molecular weight is 1030 g/mol. The van der Waals surface area contributed by atoms with E-state index in [-0.39, 0.29) is 53.9 Å². The van der Waals surface area contributed by atoms with Crippen molar-refractivity contribution < 1.29 is 65.2 Å². The summed E-state index contributed by atoms with van der Waals surface area (Å²) in [5.41, 5.74) is 4.12. The van der Waals surface area contributed by atoms with E-state index >= 15 is 0 Å². The predicted octanol–water partition coefficient (Wildman–Crippen LogP) is 9.76. The molecule has 4 aliphatic heterocycles. The second-order valence-electron chi connectivity index (χ2n) is 17.2. The molecule has 0 aromatic heterocycles. The highest BCUT2D eigenvalue weighted by atomic mass is 32.2. The molecular weight excluding hydrogens is 981 g/mol. The van der Waals surface area contributed by atoms with Crippen molar-refractivity contribution in [3.05, 3.63) is 168 Å². The van der Waals surface area contributed by atoms with Gasteiger partial charge in [-0.15, -0.1) is 4.33 Å². The van der Waals surface area contributed by atoms with Crippen molar-refractivity contribution >= 4 is 57.4 Å². The van der Waals surface area contributed by atoms with Crippen LogP contribution in [0, 0.1) is 0 Å². The molecular formula is C53H48N4O14S2. The van der Waals surface area contributed by atoms with Crippen LogP contribution in [0.25, 0.3) is 11.1 Å². The van der Waals surface area contributed by atoms with Crippen LogP contribution in [0.15, 0.2) is 146 Å². The summed E-state index contributed by atoms with van der Waals surface area (Å²) in [6.07, 6.45) is 3.33. The lowest BCUT2D eigenvalue weighted by atomic mass is 10.0. The Hall–Kier alpha value is -7.72. The Morgan fingerprint density at radius 3 is 1.52 bits per heavy atom. The Morgan fingerprint density at radius 1 is 0.603 bits per heavy atom. The molecule has 4 heterocycles. The fraction of sp³-hybridized carbons (Fsp3) is 0.208. The summed E-state index contributed by atoms with van der Waals surface area (Å²) in [6, 6.07) is 38.2. The second kappa shape index (κ2) is 21.2. The van der Waals surface area contributed by atoms with Gasteiger partial charge < -0.3 is 48.9 Å². The number of amides is 2. The van der Waals surface area contributed by atoms with Crippen molar-refractivity contribution in [2.75, 3.05) is 38.1 Å². The maximum atomic E-state index is 14.3. The number of fused-ring (bicyclic) bond motifs is 4. The van der Waals surface area contributed by atoms with Crippen molar-refractivity contribution in [1.82, 2.24) is 9.80 Å². The van der Waals surface area contributed by atoms with Crippen LogP contribution >= 0.6 is 12.9 Å². The molecule has 0 fully saturated rings. The predicted molar refractivity (Wildman–Crippen MR) is 271 cm³/mol. The Kier molecular flexibility index (Phi) is 14.2. The number of rotatable bonds is 18. The molecule has 0 radical (unpaired) electrons. The molecule has 4 aliphatic rings. The summed E-state index contributed by atoms with van der Waals surface area (Å²) in [4.78, 5) is 37.0. The standard InChI is InChI=1S/C53H48N4O14S2/c1-63-46-26-40-42(54-50(69-70-71-72)44-24-34(30-56(44)52(40)58)32-14-18-38(19-15-32)67-36-10-5-3-6-11-36)28-48(46)65-22-9-23-66-49-29-43-41(27-47(49)64-2)53(59)57-31-35(25-45(57)51(55-43)73(60,61)62)33-16-20-39(21-17-33)68-37-12-7-4-8-13-37/h3-8,10-21,26-31,44-45,50-51,54-55,72H,9,22-25H2,1-2H3,(H,60,61,62)/t44-,45-,50?,51?/m0/s1. The number of methoxy groups -OCH3 is 2. The molecule has 6 aromatic rings. The van der Waals surface area contributed by atoms with Crippen LogP contribution in [0.4, 0.5) is 11.4 Å². The number of carbonyl (C=O) groups is 2. The van der Waals surface area contributed by atoms with Crippen molar-refractivity contribution in [1.29, 1.82) is 0 Å². The van der Waals surface area contributed by atoms with Crippen LogP contribution in [0.1, 0.15) is 51.1 Å². The van der Waals surface area contributed by atoms with E-state index in [9.17, 15) is 22.6 Å². The summed E-state index contributed by atoms with van der Waals surface area (Å²) in [5.74, 6) is 2.87. The average Bonchev–Trinajstić information content (AvgIpc) is 4.01. The van der Waals surface area contributed by atoms with Crippen molar-refractivity contribution in [3.8, 4) is 46.0 Å². The first kappa shape index (κ1) is 48.9. The van der Waals surface area contributed by atoms with E-state index in [2.05, 4.69) is 27.9 Å². The Bertz CT molecular complexity index is 3180. The van der Waals surface area contributed by atoms with Gasteiger partial charge in [0.15, 0.2) is 34.6 Å².